The number of carbonyl (C=O) groups is 1. The molecule has 0 spiro atoms. The number of ether oxygens (including phenoxy) is 1. The average Bonchev–Trinajstić information content (AvgIpc) is 2.91. The molecule has 5 nitrogen and oxygen atoms in total. The second-order valence-corrected chi connectivity index (χ2v) is 6.69. The molecule has 1 amide bonds. The minimum atomic E-state index is -0.0978. The third-order valence-corrected chi connectivity index (χ3v) is 4.10. The topological polar surface area (TPSA) is 63.2 Å². The van der Waals surface area contributed by atoms with E-state index in [9.17, 15) is 4.79 Å². The number of nitrogens with zero attached hydrogens (tertiary/aromatic N) is 1. The van der Waals surface area contributed by atoms with Gasteiger partial charge in [-0.2, -0.15) is 0 Å². The summed E-state index contributed by atoms with van der Waals surface area (Å²) in [6.45, 7) is 4.28. The molecule has 0 aliphatic carbocycles. The Hall–Kier alpha value is -1.79. The van der Waals surface area contributed by atoms with Crippen LogP contribution in [0.2, 0.25) is 4.47 Å². The number of benzene rings is 1. The predicted molar refractivity (Wildman–Crippen MR) is 90.9 cm³/mol. The van der Waals surface area contributed by atoms with Crippen LogP contribution in [0.1, 0.15) is 18.7 Å². The quantitative estimate of drug-likeness (QED) is 0.834. The van der Waals surface area contributed by atoms with Gasteiger partial charge in [0, 0.05) is 23.1 Å². The van der Waals surface area contributed by atoms with Crippen LogP contribution in [0.25, 0.3) is 0 Å². The summed E-state index contributed by atoms with van der Waals surface area (Å²) in [5, 5.41) is 6.19. The Bertz CT molecular complexity index is 658. The van der Waals surface area contributed by atoms with Crippen molar-refractivity contribution in [1.82, 2.24) is 4.98 Å². The molecule has 0 atom stereocenters. The van der Waals surface area contributed by atoms with Crippen molar-refractivity contribution in [2.45, 2.75) is 20.4 Å². The molecule has 118 valence electrons. The predicted octanol–water partition coefficient (Wildman–Crippen LogP) is 4.01. The molecule has 0 saturated heterocycles. The van der Waals surface area contributed by atoms with Crippen LogP contribution in [-0.4, -0.2) is 18.0 Å². The fourth-order valence-electron chi connectivity index (χ4n) is 1.73. The molecule has 1 aromatic heterocycles. The Morgan fingerprint density at radius 3 is 2.77 bits per heavy atom. The molecular weight excluding hydrogens is 322 g/mol. The molecule has 0 aliphatic rings. The van der Waals surface area contributed by atoms with Crippen molar-refractivity contribution in [3.8, 4) is 5.75 Å². The number of hydrogen-bond acceptors (Lipinski definition) is 5. The number of amides is 1. The fraction of sp³-hybridized carbons (Fsp3) is 0.333. The number of carbonyl (C=O) groups excluding carboxylic acids is 1. The summed E-state index contributed by atoms with van der Waals surface area (Å²) < 4.78 is 5.73. The van der Waals surface area contributed by atoms with Crippen LogP contribution >= 0.6 is 22.9 Å². The number of methoxy groups -OCH3 is 1. The summed E-state index contributed by atoms with van der Waals surface area (Å²) in [4.78, 5) is 17.0. The molecule has 7 heteroatoms. The minimum absolute atomic E-state index is 0.0443. The fourth-order valence-corrected chi connectivity index (χ4v) is 2.65. The van der Waals surface area contributed by atoms with E-state index >= 15 is 0 Å². The number of thiazole rings is 1. The molecule has 22 heavy (non-hydrogen) atoms. The first kappa shape index (κ1) is 16.6. The van der Waals surface area contributed by atoms with E-state index in [1.165, 1.54) is 11.3 Å². The van der Waals surface area contributed by atoms with Crippen molar-refractivity contribution >= 4 is 40.2 Å². The minimum Gasteiger partial charge on any atom is -0.497 e. The molecule has 0 bridgehead atoms. The van der Waals surface area contributed by atoms with Gasteiger partial charge in [-0.1, -0.05) is 25.4 Å². The molecule has 1 aromatic carbocycles. The monoisotopic (exact) mass is 339 g/mol. The van der Waals surface area contributed by atoms with Gasteiger partial charge in [-0.3, -0.25) is 4.79 Å². The lowest BCUT2D eigenvalue weighted by Crippen LogP contribution is -2.18. The third-order valence-electron chi connectivity index (χ3n) is 2.99. The molecule has 2 aromatic rings. The molecule has 0 unspecified atom stereocenters. The summed E-state index contributed by atoms with van der Waals surface area (Å²) in [5.74, 6) is 0.543. The maximum atomic E-state index is 11.9. The summed E-state index contributed by atoms with van der Waals surface area (Å²) in [5.41, 5.74) is 1.51. The van der Waals surface area contributed by atoms with E-state index in [4.69, 9.17) is 16.3 Å². The highest BCUT2D eigenvalue weighted by molar-refractivity contribution is 7.15. The van der Waals surface area contributed by atoms with Gasteiger partial charge < -0.3 is 15.4 Å². The Kier molecular flexibility index (Phi) is 5.63. The van der Waals surface area contributed by atoms with E-state index in [0.717, 1.165) is 10.6 Å². The highest BCUT2D eigenvalue weighted by Gasteiger charge is 2.11. The van der Waals surface area contributed by atoms with Gasteiger partial charge >= 0.3 is 0 Å². The summed E-state index contributed by atoms with van der Waals surface area (Å²) >= 11 is 7.24. The number of nitrogens with one attached hydrogen (secondary N) is 2. The van der Waals surface area contributed by atoms with Gasteiger partial charge in [0.25, 0.3) is 0 Å². The van der Waals surface area contributed by atoms with E-state index in [1.807, 2.05) is 26.0 Å². The van der Waals surface area contributed by atoms with Crippen molar-refractivity contribution in [3.63, 3.8) is 0 Å². The van der Waals surface area contributed by atoms with Crippen molar-refractivity contribution < 1.29 is 9.53 Å². The van der Waals surface area contributed by atoms with E-state index in [2.05, 4.69) is 15.6 Å². The van der Waals surface area contributed by atoms with Crippen LogP contribution in [0.3, 0.4) is 0 Å². The largest absolute Gasteiger partial charge is 0.497 e. The lowest BCUT2D eigenvalue weighted by atomic mass is 10.2. The molecule has 0 saturated carbocycles. The number of aromatic nitrogens is 1. The zero-order valence-electron chi connectivity index (χ0n) is 12.6. The molecule has 0 radical (unpaired) electrons. The Morgan fingerprint density at radius 1 is 1.41 bits per heavy atom. The van der Waals surface area contributed by atoms with Crippen LogP contribution in [0.5, 0.6) is 5.75 Å². The summed E-state index contributed by atoms with van der Waals surface area (Å²) in [6, 6.07) is 5.51. The SMILES string of the molecule is COc1ccc(NCc2cnc(Cl)s2)c(NC(=O)C(C)C)c1. The molecule has 2 rings (SSSR count). The molecular formula is C15H18ClN3O2S. The van der Waals surface area contributed by atoms with Gasteiger partial charge in [-0.05, 0) is 12.1 Å². The molecule has 0 fully saturated rings. The second-order valence-electron chi connectivity index (χ2n) is 4.99. The highest BCUT2D eigenvalue weighted by atomic mass is 35.5. The summed E-state index contributed by atoms with van der Waals surface area (Å²) in [7, 11) is 1.59. The van der Waals surface area contributed by atoms with Gasteiger partial charge in [0.15, 0.2) is 4.47 Å². The third kappa shape index (κ3) is 4.35. The number of rotatable bonds is 6. The number of halogens is 1. The lowest BCUT2D eigenvalue weighted by Gasteiger charge is -2.15. The van der Waals surface area contributed by atoms with Crippen molar-refractivity contribution in [2.75, 3.05) is 17.7 Å². The molecule has 1 heterocycles. The number of anilines is 2. The number of hydrogen-bond donors (Lipinski definition) is 2. The zero-order chi connectivity index (χ0) is 16.1. The van der Waals surface area contributed by atoms with E-state index in [0.29, 0.717) is 22.4 Å². The Morgan fingerprint density at radius 2 is 2.18 bits per heavy atom. The molecule has 0 aliphatic heterocycles. The van der Waals surface area contributed by atoms with Crippen LogP contribution in [0.4, 0.5) is 11.4 Å². The standard InChI is InChI=1S/C15H18ClN3O2S/c1-9(2)14(20)19-13-6-10(21-3)4-5-12(13)17-7-11-8-18-15(16)22-11/h4-6,8-9,17H,7H2,1-3H3,(H,19,20). The van der Waals surface area contributed by atoms with Gasteiger partial charge in [0.1, 0.15) is 5.75 Å². The first-order chi connectivity index (χ1) is 10.5. The van der Waals surface area contributed by atoms with Gasteiger partial charge in [-0.25, -0.2) is 4.98 Å². The smallest absolute Gasteiger partial charge is 0.226 e. The van der Waals surface area contributed by atoms with E-state index in [1.54, 1.807) is 19.4 Å². The normalized spacial score (nSPS) is 10.6. The Labute approximate surface area is 138 Å². The van der Waals surface area contributed by atoms with E-state index < -0.39 is 0 Å². The summed E-state index contributed by atoms with van der Waals surface area (Å²) in [6.07, 6.45) is 1.73. The maximum absolute atomic E-state index is 11.9. The van der Waals surface area contributed by atoms with E-state index in [-0.39, 0.29) is 11.8 Å². The van der Waals surface area contributed by atoms with Crippen LogP contribution < -0.4 is 15.4 Å². The second kappa shape index (κ2) is 7.47. The van der Waals surface area contributed by atoms with Crippen LogP contribution in [-0.2, 0) is 11.3 Å². The van der Waals surface area contributed by atoms with Gasteiger partial charge in [0.05, 0.1) is 25.0 Å². The zero-order valence-corrected chi connectivity index (χ0v) is 14.2. The maximum Gasteiger partial charge on any atom is 0.226 e. The average molecular weight is 340 g/mol. The van der Waals surface area contributed by atoms with Crippen molar-refractivity contribution in [3.05, 3.63) is 33.7 Å². The first-order valence-electron chi connectivity index (χ1n) is 6.82. The van der Waals surface area contributed by atoms with Gasteiger partial charge in [-0.15, -0.1) is 11.3 Å². The first-order valence-corrected chi connectivity index (χ1v) is 8.02. The van der Waals surface area contributed by atoms with Crippen molar-refractivity contribution in [2.24, 2.45) is 5.92 Å². The molecule has 2 N–H and O–H groups in total. The van der Waals surface area contributed by atoms with Crippen molar-refractivity contribution in [1.29, 1.82) is 0 Å². The van der Waals surface area contributed by atoms with Crippen LogP contribution in [0, 0.1) is 5.92 Å². The van der Waals surface area contributed by atoms with Gasteiger partial charge in [0.2, 0.25) is 5.91 Å². The van der Waals surface area contributed by atoms with Crippen LogP contribution in [0.15, 0.2) is 24.4 Å². The lowest BCUT2D eigenvalue weighted by molar-refractivity contribution is -0.118. The highest BCUT2D eigenvalue weighted by Crippen LogP contribution is 2.28. The Balaban J connectivity index is 2.16.